The quantitative estimate of drug-likeness (QED) is 0.394. The number of ether oxygens (including phenoxy) is 1. The topological polar surface area (TPSA) is 79.3 Å². The predicted octanol–water partition coefficient (Wildman–Crippen LogP) is 2.60. The zero-order chi connectivity index (χ0) is 17.3. The zero-order valence-electron chi connectivity index (χ0n) is 12.7. The summed E-state index contributed by atoms with van der Waals surface area (Å²) in [6.45, 7) is 4.33. The lowest BCUT2D eigenvalue weighted by atomic mass is 10.4. The molecule has 7 nitrogen and oxygen atoms in total. The Hall–Kier alpha value is -2.52. The second-order valence-electron chi connectivity index (χ2n) is 4.86. The maximum absolute atomic E-state index is 12.6. The molecule has 0 atom stereocenters. The molecule has 0 fully saturated rings. The van der Waals surface area contributed by atoms with Crippen LogP contribution in [0.25, 0.3) is 10.3 Å². The molecule has 3 rings (SSSR count). The van der Waals surface area contributed by atoms with Crippen LogP contribution in [0, 0.1) is 3.95 Å². The van der Waals surface area contributed by atoms with E-state index in [1.165, 1.54) is 35.4 Å². The number of fused-ring (bicyclic) bond motifs is 1. The molecule has 0 bridgehead atoms. The van der Waals surface area contributed by atoms with Crippen LogP contribution < -0.4 is 5.56 Å². The smallest absolute Gasteiger partial charge is 0.373 e. The van der Waals surface area contributed by atoms with Crippen molar-refractivity contribution in [1.29, 1.82) is 0 Å². The van der Waals surface area contributed by atoms with Gasteiger partial charge in [0.05, 0.1) is 13.7 Å². The van der Waals surface area contributed by atoms with Gasteiger partial charge < -0.3 is 13.7 Å². The highest BCUT2D eigenvalue weighted by molar-refractivity contribution is 7.73. The fourth-order valence-electron chi connectivity index (χ4n) is 2.22. The molecule has 0 aliphatic carbocycles. The molecule has 0 radical (unpaired) electrons. The number of hydrogen-bond donors (Lipinski definition) is 0. The predicted molar refractivity (Wildman–Crippen MR) is 92.1 cm³/mol. The number of furan rings is 1. The highest BCUT2D eigenvalue weighted by atomic mass is 32.1. The van der Waals surface area contributed by atoms with Crippen LogP contribution in [0.15, 0.2) is 40.3 Å². The Labute approximate surface area is 145 Å². The van der Waals surface area contributed by atoms with Crippen molar-refractivity contribution in [3.63, 3.8) is 0 Å². The number of thiazole rings is 1. The minimum absolute atomic E-state index is 0.0855. The Morgan fingerprint density at radius 1 is 1.54 bits per heavy atom. The number of carbonyl (C=O) groups is 1. The molecule has 3 aromatic rings. The number of esters is 1. The fourth-order valence-corrected chi connectivity index (χ4v) is 3.53. The second kappa shape index (κ2) is 6.54. The number of hydrogen-bond acceptors (Lipinski definition) is 7. The molecule has 24 heavy (non-hydrogen) atoms. The third-order valence-electron chi connectivity index (χ3n) is 3.33. The lowest BCUT2D eigenvalue weighted by molar-refractivity contribution is 0.0563. The van der Waals surface area contributed by atoms with E-state index in [9.17, 15) is 9.59 Å². The number of aromatic nitrogens is 3. The van der Waals surface area contributed by atoms with Crippen molar-refractivity contribution in [2.75, 3.05) is 7.11 Å². The van der Waals surface area contributed by atoms with Crippen LogP contribution >= 0.6 is 23.6 Å². The largest absolute Gasteiger partial charge is 0.463 e. The highest BCUT2D eigenvalue weighted by Crippen LogP contribution is 2.18. The number of allylic oxidation sites excluding steroid dienone is 1. The van der Waals surface area contributed by atoms with Gasteiger partial charge in [-0.25, -0.2) is 9.78 Å². The summed E-state index contributed by atoms with van der Waals surface area (Å²) < 4.78 is 14.2. The summed E-state index contributed by atoms with van der Waals surface area (Å²) in [5.41, 5.74) is 0.329. The van der Waals surface area contributed by atoms with Gasteiger partial charge in [0.1, 0.15) is 16.8 Å². The van der Waals surface area contributed by atoms with Gasteiger partial charge in [0.2, 0.25) is 5.76 Å². The summed E-state index contributed by atoms with van der Waals surface area (Å²) in [6.07, 6.45) is 3.14. The van der Waals surface area contributed by atoms with Crippen LogP contribution in [-0.4, -0.2) is 27.2 Å². The number of rotatable bonds is 5. The summed E-state index contributed by atoms with van der Waals surface area (Å²) in [4.78, 5) is 28.3. The number of nitrogens with zero attached hydrogens (tertiary/aromatic N) is 3. The van der Waals surface area contributed by atoms with Gasteiger partial charge in [0.25, 0.3) is 5.56 Å². The molecule has 9 heteroatoms. The molecule has 124 valence electrons. The SMILES string of the molecule is C=CCn1c(=S)sc2c(=O)n(Cc3ccc(C(=O)OC)o3)cnc21. The van der Waals surface area contributed by atoms with Crippen molar-refractivity contribution in [3.05, 3.63) is 56.9 Å². The monoisotopic (exact) mass is 363 g/mol. The van der Waals surface area contributed by atoms with E-state index in [-0.39, 0.29) is 17.9 Å². The first-order valence-electron chi connectivity index (χ1n) is 6.92. The van der Waals surface area contributed by atoms with Crippen LogP contribution in [-0.2, 0) is 17.8 Å². The molecular weight excluding hydrogens is 350 g/mol. The van der Waals surface area contributed by atoms with Crippen LogP contribution in [0.4, 0.5) is 0 Å². The van der Waals surface area contributed by atoms with Crippen molar-refractivity contribution in [3.8, 4) is 0 Å². The normalized spacial score (nSPS) is 10.9. The minimum Gasteiger partial charge on any atom is -0.463 e. The molecule has 3 aromatic heterocycles. The maximum Gasteiger partial charge on any atom is 0.373 e. The fraction of sp³-hybridized carbons (Fsp3) is 0.200. The summed E-state index contributed by atoms with van der Waals surface area (Å²) in [7, 11) is 1.27. The summed E-state index contributed by atoms with van der Waals surface area (Å²) in [5, 5.41) is 0. The summed E-state index contributed by atoms with van der Waals surface area (Å²) in [5.74, 6) is -0.0307. The Balaban J connectivity index is 1.99. The standard InChI is InChI=1S/C15H13N3O4S2/c1-3-6-18-12-11(24-15(18)23)13(19)17(8-16-12)7-9-4-5-10(22-9)14(20)21-2/h3-5,8H,1,6-7H2,2H3. The van der Waals surface area contributed by atoms with Crippen LogP contribution in [0.3, 0.4) is 0 Å². The Morgan fingerprint density at radius 2 is 2.33 bits per heavy atom. The van der Waals surface area contributed by atoms with Gasteiger partial charge in [-0.2, -0.15) is 0 Å². The van der Waals surface area contributed by atoms with E-state index in [1.54, 1.807) is 16.7 Å². The Bertz CT molecular complexity index is 1040. The molecule has 3 heterocycles. The van der Waals surface area contributed by atoms with E-state index in [0.717, 1.165) is 0 Å². The molecule has 0 saturated carbocycles. The first kappa shape index (κ1) is 16.3. The molecule has 0 saturated heterocycles. The molecule has 0 aromatic carbocycles. The van der Waals surface area contributed by atoms with Gasteiger partial charge in [0, 0.05) is 6.54 Å². The Morgan fingerprint density at radius 3 is 3.04 bits per heavy atom. The van der Waals surface area contributed by atoms with Crippen molar-refractivity contribution < 1.29 is 13.9 Å². The van der Waals surface area contributed by atoms with Crippen LogP contribution in [0.2, 0.25) is 0 Å². The lowest BCUT2D eigenvalue weighted by Gasteiger charge is -2.04. The third kappa shape index (κ3) is 2.83. The van der Waals surface area contributed by atoms with Crippen molar-refractivity contribution in [1.82, 2.24) is 14.1 Å². The van der Waals surface area contributed by atoms with Gasteiger partial charge in [-0.3, -0.25) is 9.36 Å². The third-order valence-corrected chi connectivity index (χ3v) is 4.76. The Kier molecular flexibility index (Phi) is 4.45. The average Bonchev–Trinajstić information content (AvgIpc) is 3.16. The summed E-state index contributed by atoms with van der Waals surface area (Å²) >= 11 is 6.49. The van der Waals surface area contributed by atoms with Gasteiger partial charge in [-0.05, 0) is 24.4 Å². The van der Waals surface area contributed by atoms with Gasteiger partial charge >= 0.3 is 5.97 Å². The van der Waals surface area contributed by atoms with Crippen molar-refractivity contribution >= 4 is 39.9 Å². The average molecular weight is 363 g/mol. The molecule has 0 amide bonds. The van der Waals surface area contributed by atoms with Gasteiger partial charge in [-0.1, -0.05) is 17.4 Å². The molecule has 0 aliphatic rings. The minimum atomic E-state index is -0.568. The first-order valence-corrected chi connectivity index (χ1v) is 8.14. The maximum atomic E-state index is 12.6. The number of carbonyl (C=O) groups excluding carboxylic acids is 1. The highest BCUT2D eigenvalue weighted by Gasteiger charge is 2.14. The summed E-state index contributed by atoms with van der Waals surface area (Å²) in [6, 6.07) is 3.12. The zero-order valence-corrected chi connectivity index (χ0v) is 14.4. The van der Waals surface area contributed by atoms with E-state index in [4.69, 9.17) is 16.6 Å². The van der Waals surface area contributed by atoms with Gasteiger partial charge in [-0.15, -0.1) is 6.58 Å². The van der Waals surface area contributed by atoms with E-state index >= 15 is 0 Å². The second-order valence-corrected chi connectivity index (χ2v) is 6.50. The molecule has 0 N–H and O–H groups in total. The van der Waals surface area contributed by atoms with E-state index in [0.29, 0.717) is 26.6 Å². The molecule has 0 aliphatic heterocycles. The first-order chi connectivity index (χ1) is 11.5. The van der Waals surface area contributed by atoms with Crippen molar-refractivity contribution in [2.45, 2.75) is 13.1 Å². The lowest BCUT2D eigenvalue weighted by Crippen LogP contribution is -2.20. The van der Waals surface area contributed by atoms with Crippen LogP contribution in [0.1, 0.15) is 16.3 Å². The molecule has 0 unspecified atom stereocenters. The van der Waals surface area contributed by atoms with Crippen LogP contribution in [0.5, 0.6) is 0 Å². The van der Waals surface area contributed by atoms with E-state index in [1.807, 2.05) is 0 Å². The molecule has 0 spiro atoms. The number of methoxy groups -OCH3 is 1. The van der Waals surface area contributed by atoms with Gasteiger partial charge in [0.15, 0.2) is 9.60 Å². The van der Waals surface area contributed by atoms with E-state index in [2.05, 4.69) is 16.3 Å². The van der Waals surface area contributed by atoms with Crippen molar-refractivity contribution in [2.24, 2.45) is 0 Å². The van der Waals surface area contributed by atoms with E-state index < -0.39 is 5.97 Å². The molecular formula is C15H13N3O4S2.